The monoisotopic (exact) mass is 352 g/mol. The smallest absolute Gasteiger partial charge is 0.222 e. The van der Waals surface area contributed by atoms with Gasteiger partial charge < -0.3 is 9.30 Å². The topological polar surface area (TPSA) is 40.9 Å². The van der Waals surface area contributed by atoms with E-state index in [-0.39, 0.29) is 0 Å². The van der Waals surface area contributed by atoms with Gasteiger partial charge in [-0.2, -0.15) is 0 Å². The van der Waals surface area contributed by atoms with Crippen LogP contribution in [0.4, 0.5) is 0 Å². The summed E-state index contributed by atoms with van der Waals surface area (Å²) in [5.41, 5.74) is 3.75. The molecule has 2 saturated heterocycles. The van der Waals surface area contributed by atoms with E-state index in [1.165, 1.54) is 31.2 Å². The Hall–Kier alpha value is -1.88. The van der Waals surface area contributed by atoms with Crippen LogP contribution in [0.2, 0.25) is 0 Å². The fourth-order valence-electron chi connectivity index (χ4n) is 5.05. The number of piperidine rings is 2. The minimum Gasteiger partial charge on any atom is -0.339 e. The number of hydrogen-bond donors (Lipinski definition) is 0. The number of carbonyl (C=O) groups is 1. The van der Waals surface area contributed by atoms with E-state index in [0.717, 1.165) is 50.4 Å². The van der Waals surface area contributed by atoms with Gasteiger partial charge in [-0.3, -0.25) is 9.69 Å². The lowest BCUT2D eigenvalue weighted by Crippen LogP contribution is -2.54. The lowest BCUT2D eigenvalue weighted by Gasteiger charge is -2.48. The van der Waals surface area contributed by atoms with E-state index < -0.39 is 0 Å². The molecule has 5 nitrogen and oxygen atoms in total. The molecule has 3 fully saturated rings. The van der Waals surface area contributed by atoms with Crippen molar-refractivity contribution in [2.45, 2.75) is 58.0 Å². The van der Waals surface area contributed by atoms with Crippen LogP contribution in [-0.4, -0.2) is 50.8 Å². The van der Waals surface area contributed by atoms with E-state index in [1.54, 1.807) is 0 Å². The summed E-state index contributed by atoms with van der Waals surface area (Å²) in [6.45, 7) is 6.27. The maximum Gasteiger partial charge on any atom is 0.222 e. The van der Waals surface area contributed by atoms with Gasteiger partial charge in [0.15, 0.2) is 0 Å². The summed E-state index contributed by atoms with van der Waals surface area (Å²) >= 11 is 0. The molecule has 5 rings (SSSR count). The molecular formula is C21H28N4O. The van der Waals surface area contributed by atoms with Crippen molar-refractivity contribution in [1.29, 1.82) is 0 Å². The van der Waals surface area contributed by atoms with Gasteiger partial charge in [0.25, 0.3) is 0 Å². The van der Waals surface area contributed by atoms with E-state index in [0.29, 0.717) is 17.4 Å². The molecule has 1 atom stereocenters. The number of amides is 1. The van der Waals surface area contributed by atoms with Crippen LogP contribution in [-0.2, 0) is 11.3 Å². The molecule has 0 radical (unpaired) electrons. The van der Waals surface area contributed by atoms with Crippen LogP contribution in [0.1, 0.15) is 49.8 Å². The van der Waals surface area contributed by atoms with E-state index in [1.807, 2.05) is 0 Å². The number of carbonyl (C=O) groups excluding carboxylic acids is 1. The van der Waals surface area contributed by atoms with Crippen molar-refractivity contribution in [3.63, 3.8) is 0 Å². The highest BCUT2D eigenvalue weighted by Gasteiger charge is 2.45. The number of aryl methyl sites for hydroxylation is 1. The van der Waals surface area contributed by atoms with E-state index in [4.69, 9.17) is 4.98 Å². The normalized spacial score (nSPS) is 27.6. The second kappa shape index (κ2) is 6.08. The molecule has 138 valence electrons. The number of nitrogens with zero attached hydrogens (tertiary/aromatic N) is 4. The van der Waals surface area contributed by atoms with Gasteiger partial charge in [-0.25, -0.2) is 4.98 Å². The SMILES string of the molecule is Cc1cccn2cc(CN3CCCC4(CCC(=O)N(C5CC5)C4)C3)nc12. The predicted molar refractivity (Wildman–Crippen MR) is 101 cm³/mol. The molecule has 2 aromatic rings. The van der Waals surface area contributed by atoms with Crippen LogP contribution in [0.15, 0.2) is 24.5 Å². The Balaban J connectivity index is 1.32. The zero-order valence-corrected chi connectivity index (χ0v) is 15.7. The van der Waals surface area contributed by atoms with Crippen LogP contribution in [0.5, 0.6) is 0 Å². The third-order valence-corrected chi connectivity index (χ3v) is 6.54. The first-order valence-corrected chi connectivity index (χ1v) is 10.1. The average Bonchev–Trinajstić information content (AvgIpc) is 3.38. The van der Waals surface area contributed by atoms with E-state index in [2.05, 4.69) is 45.7 Å². The highest BCUT2D eigenvalue weighted by Crippen LogP contribution is 2.42. The summed E-state index contributed by atoms with van der Waals surface area (Å²) < 4.78 is 2.14. The number of likely N-dealkylation sites (tertiary alicyclic amines) is 2. The number of rotatable bonds is 3. The lowest BCUT2D eigenvalue weighted by molar-refractivity contribution is -0.140. The van der Waals surface area contributed by atoms with Crippen LogP contribution in [0.3, 0.4) is 0 Å². The summed E-state index contributed by atoms with van der Waals surface area (Å²) in [4.78, 5) is 21.9. The Morgan fingerprint density at radius 1 is 1.27 bits per heavy atom. The molecule has 4 heterocycles. The van der Waals surface area contributed by atoms with Crippen molar-refractivity contribution in [2.24, 2.45) is 5.41 Å². The fraction of sp³-hybridized carbons (Fsp3) is 0.619. The maximum atomic E-state index is 12.3. The number of pyridine rings is 1. The molecule has 2 aliphatic heterocycles. The van der Waals surface area contributed by atoms with Crippen LogP contribution < -0.4 is 0 Å². The first-order chi connectivity index (χ1) is 12.6. The largest absolute Gasteiger partial charge is 0.339 e. The fourth-order valence-corrected chi connectivity index (χ4v) is 5.05. The molecule has 26 heavy (non-hydrogen) atoms. The molecule has 5 heteroatoms. The molecule has 1 amide bonds. The predicted octanol–water partition coefficient (Wildman–Crippen LogP) is 3.01. The Labute approximate surface area is 155 Å². The Kier molecular flexibility index (Phi) is 3.82. The highest BCUT2D eigenvalue weighted by molar-refractivity contribution is 5.78. The van der Waals surface area contributed by atoms with Crippen molar-refractivity contribution in [1.82, 2.24) is 19.2 Å². The van der Waals surface area contributed by atoms with Gasteiger partial charge in [0, 0.05) is 49.9 Å². The lowest BCUT2D eigenvalue weighted by atomic mass is 9.73. The van der Waals surface area contributed by atoms with Crippen molar-refractivity contribution in [3.05, 3.63) is 35.8 Å². The Morgan fingerprint density at radius 2 is 2.15 bits per heavy atom. The molecule has 1 unspecified atom stereocenters. The zero-order valence-electron chi connectivity index (χ0n) is 15.7. The first kappa shape index (κ1) is 16.3. The first-order valence-electron chi connectivity index (χ1n) is 10.1. The summed E-state index contributed by atoms with van der Waals surface area (Å²) in [7, 11) is 0. The van der Waals surface area contributed by atoms with Crippen LogP contribution >= 0.6 is 0 Å². The maximum absolute atomic E-state index is 12.3. The van der Waals surface area contributed by atoms with Gasteiger partial charge in [0.05, 0.1) is 5.69 Å². The summed E-state index contributed by atoms with van der Waals surface area (Å²) in [6, 6.07) is 4.75. The number of fused-ring (bicyclic) bond motifs is 1. The summed E-state index contributed by atoms with van der Waals surface area (Å²) in [6.07, 6.45) is 11.0. The molecule has 0 bridgehead atoms. The molecule has 1 saturated carbocycles. The third-order valence-electron chi connectivity index (χ3n) is 6.54. The third kappa shape index (κ3) is 2.92. The molecule has 2 aromatic heterocycles. The zero-order chi connectivity index (χ0) is 17.7. The number of imidazole rings is 1. The molecule has 3 aliphatic rings. The number of aromatic nitrogens is 2. The van der Waals surface area contributed by atoms with Crippen molar-refractivity contribution in [2.75, 3.05) is 19.6 Å². The van der Waals surface area contributed by atoms with E-state index >= 15 is 0 Å². The molecule has 1 aliphatic carbocycles. The summed E-state index contributed by atoms with van der Waals surface area (Å²) in [5, 5.41) is 0. The Morgan fingerprint density at radius 3 is 2.96 bits per heavy atom. The van der Waals surface area contributed by atoms with E-state index in [9.17, 15) is 4.79 Å². The minimum atomic E-state index is 0.309. The van der Waals surface area contributed by atoms with Crippen LogP contribution in [0.25, 0.3) is 5.65 Å². The number of hydrogen-bond acceptors (Lipinski definition) is 3. The van der Waals surface area contributed by atoms with Crippen molar-refractivity contribution < 1.29 is 4.79 Å². The summed E-state index contributed by atoms with van der Waals surface area (Å²) in [5.74, 6) is 0.395. The van der Waals surface area contributed by atoms with Gasteiger partial charge in [-0.05, 0) is 57.2 Å². The van der Waals surface area contributed by atoms with Crippen LogP contribution in [0, 0.1) is 12.3 Å². The standard InChI is InChI=1S/C21H28N4O/c1-16-4-2-11-24-13-17(22-20(16)24)12-23-10-3-8-21(14-23)9-7-19(26)25(15-21)18-5-6-18/h2,4,11,13,18H,3,5-10,12,14-15H2,1H3. The van der Waals surface area contributed by atoms with Gasteiger partial charge in [-0.15, -0.1) is 0 Å². The molecule has 0 N–H and O–H groups in total. The van der Waals surface area contributed by atoms with Crippen molar-refractivity contribution in [3.8, 4) is 0 Å². The second-order valence-corrected chi connectivity index (χ2v) is 8.72. The minimum absolute atomic E-state index is 0.309. The van der Waals surface area contributed by atoms with Crippen molar-refractivity contribution >= 4 is 11.6 Å². The van der Waals surface area contributed by atoms with Gasteiger partial charge in [0.1, 0.15) is 5.65 Å². The quantitative estimate of drug-likeness (QED) is 0.853. The highest BCUT2D eigenvalue weighted by atomic mass is 16.2. The van der Waals surface area contributed by atoms with Gasteiger partial charge in [0.2, 0.25) is 5.91 Å². The average molecular weight is 352 g/mol. The molecular weight excluding hydrogens is 324 g/mol. The van der Waals surface area contributed by atoms with Gasteiger partial charge in [-0.1, -0.05) is 6.07 Å². The van der Waals surface area contributed by atoms with Gasteiger partial charge >= 0.3 is 0 Å². The second-order valence-electron chi connectivity index (χ2n) is 8.72. The Bertz CT molecular complexity index is 840. The molecule has 0 aromatic carbocycles. The molecule has 1 spiro atoms.